The van der Waals surface area contributed by atoms with E-state index in [4.69, 9.17) is 20.6 Å². The zero-order valence-electron chi connectivity index (χ0n) is 19.5. The van der Waals surface area contributed by atoms with Crippen LogP contribution in [0.4, 0.5) is 5.69 Å². The molecule has 2 aromatic rings. The zero-order chi connectivity index (χ0) is 24.7. The van der Waals surface area contributed by atoms with Gasteiger partial charge in [-0.2, -0.15) is 0 Å². The van der Waals surface area contributed by atoms with Crippen LogP contribution in [-0.4, -0.2) is 54.8 Å². The first-order valence-electron chi connectivity index (χ1n) is 11.2. The minimum Gasteiger partial charge on any atom is -0.482 e. The number of hydrogen-bond donors (Lipinski definition) is 3. The average molecular weight is 467 g/mol. The summed E-state index contributed by atoms with van der Waals surface area (Å²) in [4.78, 5) is 39.0. The number of carbonyl (C=O) groups excluding carboxylic acids is 3. The molecule has 0 unspecified atom stereocenters. The van der Waals surface area contributed by atoms with Gasteiger partial charge in [-0.05, 0) is 68.7 Å². The van der Waals surface area contributed by atoms with Crippen molar-refractivity contribution < 1.29 is 23.9 Å². The van der Waals surface area contributed by atoms with Gasteiger partial charge in [-0.25, -0.2) is 4.79 Å². The van der Waals surface area contributed by atoms with E-state index in [1.807, 2.05) is 11.8 Å². The first-order valence-corrected chi connectivity index (χ1v) is 11.2. The smallest absolute Gasteiger partial charge is 0.344 e. The number of benzene rings is 2. The van der Waals surface area contributed by atoms with Crippen LogP contribution in [-0.2, 0) is 20.7 Å². The fourth-order valence-electron chi connectivity index (χ4n) is 3.82. The number of amidine groups is 1. The maximum absolute atomic E-state index is 12.8. The van der Waals surface area contributed by atoms with Gasteiger partial charge in [0, 0.05) is 35.5 Å². The lowest BCUT2D eigenvalue weighted by Crippen LogP contribution is -2.28. The van der Waals surface area contributed by atoms with Crippen molar-refractivity contribution in [2.24, 2.45) is 5.73 Å². The Morgan fingerprint density at radius 3 is 2.50 bits per heavy atom. The van der Waals surface area contributed by atoms with E-state index >= 15 is 0 Å². The van der Waals surface area contributed by atoms with Crippen LogP contribution in [0.15, 0.2) is 36.4 Å². The van der Waals surface area contributed by atoms with E-state index < -0.39 is 5.97 Å². The molecule has 9 nitrogen and oxygen atoms in total. The molecule has 4 N–H and O–H groups in total. The largest absolute Gasteiger partial charge is 0.482 e. The second-order valence-corrected chi connectivity index (χ2v) is 8.08. The monoisotopic (exact) mass is 466 g/mol. The Hall–Kier alpha value is -3.88. The SMILES string of the molecule is CCOC(=O)COc1ccc(C(=N)N)cc1CC(=O)Nc1ccc(C(=O)N2CCCC2)c(C)c1. The average Bonchev–Trinajstić information content (AvgIpc) is 3.33. The van der Waals surface area contributed by atoms with E-state index in [1.165, 1.54) is 0 Å². The Balaban J connectivity index is 1.71. The van der Waals surface area contributed by atoms with Crippen LogP contribution in [0, 0.1) is 12.3 Å². The number of amides is 2. The van der Waals surface area contributed by atoms with Crippen molar-refractivity contribution in [3.05, 3.63) is 58.7 Å². The number of anilines is 1. The van der Waals surface area contributed by atoms with Crippen molar-refractivity contribution in [3.8, 4) is 5.75 Å². The van der Waals surface area contributed by atoms with Crippen molar-refractivity contribution in [2.75, 3.05) is 31.6 Å². The summed E-state index contributed by atoms with van der Waals surface area (Å²) in [6.45, 7) is 5.03. The zero-order valence-corrected chi connectivity index (χ0v) is 19.5. The lowest BCUT2D eigenvalue weighted by molar-refractivity contribution is -0.145. The molecule has 180 valence electrons. The Labute approximate surface area is 198 Å². The van der Waals surface area contributed by atoms with Gasteiger partial charge in [0.2, 0.25) is 5.91 Å². The summed E-state index contributed by atoms with van der Waals surface area (Å²) < 4.78 is 10.4. The summed E-state index contributed by atoms with van der Waals surface area (Å²) in [7, 11) is 0. The number of esters is 1. The van der Waals surface area contributed by atoms with Gasteiger partial charge in [-0.1, -0.05) is 0 Å². The first-order chi connectivity index (χ1) is 16.3. The molecule has 2 aromatic carbocycles. The van der Waals surface area contributed by atoms with Gasteiger partial charge >= 0.3 is 5.97 Å². The Bertz CT molecular complexity index is 1090. The van der Waals surface area contributed by atoms with Crippen LogP contribution in [0.1, 0.15) is 46.8 Å². The molecule has 2 amide bonds. The van der Waals surface area contributed by atoms with Crippen molar-refractivity contribution in [3.63, 3.8) is 0 Å². The Morgan fingerprint density at radius 1 is 1.12 bits per heavy atom. The summed E-state index contributed by atoms with van der Waals surface area (Å²) in [6, 6.07) is 9.95. The van der Waals surface area contributed by atoms with E-state index in [0.29, 0.717) is 28.1 Å². The maximum atomic E-state index is 12.8. The molecule has 1 saturated heterocycles. The van der Waals surface area contributed by atoms with Crippen LogP contribution in [0.5, 0.6) is 5.75 Å². The minimum absolute atomic E-state index is 0.0114. The molecule has 0 saturated carbocycles. The molecule has 3 rings (SSSR count). The molecule has 0 aromatic heterocycles. The number of nitrogen functional groups attached to an aromatic ring is 1. The van der Waals surface area contributed by atoms with Gasteiger partial charge in [-0.3, -0.25) is 15.0 Å². The number of aryl methyl sites for hydroxylation is 1. The van der Waals surface area contributed by atoms with Gasteiger partial charge in [0.15, 0.2) is 6.61 Å². The highest BCUT2D eigenvalue weighted by Crippen LogP contribution is 2.23. The highest BCUT2D eigenvalue weighted by molar-refractivity contribution is 5.98. The van der Waals surface area contributed by atoms with Crippen molar-refractivity contribution in [2.45, 2.75) is 33.1 Å². The van der Waals surface area contributed by atoms with E-state index in [9.17, 15) is 14.4 Å². The number of hydrogen-bond acceptors (Lipinski definition) is 6. The predicted octanol–water partition coefficient (Wildman–Crippen LogP) is 2.64. The molecule has 1 heterocycles. The van der Waals surface area contributed by atoms with Gasteiger partial charge < -0.3 is 25.4 Å². The number of nitrogens with zero attached hydrogens (tertiary/aromatic N) is 1. The second kappa shape index (κ2) is 11.3. The molecule has 0 radical (unpaired) electrons. The number of ether oxygens (including phenoxy) is 2. The fourth-order valence-corrected chi connectivity index (χ4v) is 3.82. The van der Waals surface area contributed by atoms with Gasteiger partial charge in [0.25, 0.3) is 5.91 Å². The van der Waals surface area contributed by atoms with E-state index in [2.05, 4.69) is 5.32 Å². The quantitative estimate of drug-likeness (QED) is 0.295. The molecule has 0 aliphatic carbocycles. The number of nitrogens with one attached hydrogen (secondary N) is 2. The topological polar surface area (TPSA) is 135 Å². The van der Waals surface area contributed by atoms with E-state index in [-0.39, 0.29) is 37.3 Å². The molecule has 34 heavy (non-hydrogen) atoms. The molecule has 0 bridgehead atoms. The summed E-state index contributed by atoms with van der Waals surface area (Å²) in [5.41, 5.74) is 8.48. The third kappa shape index (κ3) is 6.34. The fraction of sp³-hybridized carbons (Fsp3) is 0.360. The van der Waals surface area contributed by atoms with Crippen molar-refractivity contribution >= 4 is 29.3 Å². The van der Waals surface area contributed by atoms with Crippen LogP contribution in [0.2, 0.25) is 0 Å². The molecule has 1 aliphatic heterocycles. The molecular weight excluding hydrogens is 436 g/mol. The third-order valence-corrected chi connectivity index (χ3v) is 5.51. The van der Waals surface area contributed by atoms with Gasteiger partial charge in [-0.15, -0.1) is 0 Å². The number of rotatable bonds is 9. The van der Waals surface area contributed by atoms with Gasteiger partial charge in [0.05, 0.1) is 13.0 Å². The maximum Gasteiger partial charge on any atom is 0.344 e. The highest BCUT2D eigenvalue weighted by atomic mass is 16.6. The third-order valence-electron chi connectivity index (χ3n) is 5.51. The van der Waals surface area contributed by atoms with Crippen LogP contribution in [0.25, 0.3) is 0 Å². The predicted molar refractivity (Wildman–Crippen MR) is 128 cm³/mol. The second-order valence-electron chi connectivity index (χ2n) is 8.08. The van der Waals surface area contributed by atoms with Crippen LogP contribution >= 0.6 is 0 Å². The molecule has 0 spiro atoms. The molecule has 9 heteroatoms. The minimum atomic E-state index is -0.521. The molecular formula is C25H30N4O5. The van der Waals surface area contributed by atoms with Gasteiger partial charge in [0.1, 0.15) is 11.6 Å². The van der Waals surface area contributed by atoms with Crippen molar-refractivity contribution in [1.29, 1.82) is 5.41 Å². The Kier molecular flexibility index (Phi) is 8.24. The normalized spacial score (nSPS) is 12.8. The number of carbonyl (C=O) groups is 3. The lowest BCUT2D eigenvalue weighted by Gasteiger charge is -2.17. The van der Waals surface area contributed by atoms with E-state index in [1.54, 1.807) is 43.3 Å². The molecule has 1 aliphatic rings. The standard InChI is InChI=1S/C25H30N4O5/c1-3-33-23(31)15-34-21-9-6-17(24(26)27)13-18(21)14-22(30)28-19-7-8-20(16(2)12-19)25(32)29-10-4-5-11-29/h6-9,12-13H,3-5,10-11,14-15H2,1-2H3,(H3,26,27)(H,28,30). The molecule has 0 atom stereocenters. The first kappa shape index (κ1) is 24.8. The summed E-state index contributed by atoms with van der Waals surface area (Å²) in [5, 5.41) is 10.5. The molecule has 1 fully saturated rings. The number of nitrogens with two attached hydrogens (primary N) is 1. The number of likely N-dealkylation sites (tertiary alicyclic amines) is 1. The summed E-state index contributed by atoms with van der Waals surface area (Å²) in [6.07, 6.45) is 1.98. The Morgan fingerprint density at radius 2 is 1.85 bits per heavy atom. The van der Waals surface area contributed by atoms with Crippen LogP contribution in [0.3, 0.4) is 0 Å². The van der Waals surface area contributed by atoms with E-state index in [0.717, 1.165) is 31.5 Å². The lowest BCUT2D eigenvalue weighted by atomic mass is 10.0. The van der Waals surface area contributed by atoms with Crippen molar-refractivity contribution in [1.82, 2.24) is 4.90 Å². The van der Waals surface area contributed by atoms with Crippen LogP contribution < -0.4 is 15.8 Å². The summed E-state index contributed by atoms with van der Waals surface area (Å²) >= 11 is 0. The summed E-state index contributed by atoms with van der Waals surface area (Å²) in [5.74, 6) is -0.645. The highest BCUT2D eigenvalue weighted by Gasteiger charge is 2.21.